The van der Waals surface area contributed by atoms with Gasteiger partial charge in [0.05, 0.1) is 25.4 Å². The second-order valence-corrected chi connectivity index (χ2v) is 6.64. The van der Waals surface area contributed by atoms with Crippen molar-refractivity contribution in [1.82, 2.24) is 0 Å². The summed E-state index contributed by atoms with van der Waals surface area (Å²) in [7, 11) is 0. The van der Waals surface area contributed by atoms with E-state index in [1.807, 2.05) is 30.3 Å². The van der Waals surface area contributed by atoms with Crippen LogP contribution in [0.2, 0.25) is 0 Å². The Bertz CT molecular complexity index is 471. The fourth-order valence-electron chi connectivity index (χ4n) is 3.10. The molecule has 122 valence electrons. The molecule has 0 amide bonds. The zero-order valence-corrected chi connectivity index (χ0v) is 14.3. The lowest BCUT2D eigenvalue weighted by atomic mass is 9.94. The molecule has 0 saturated carbocycles. The maximum atomic E-state index is 10.4. The molecule has 1 aromatic carbocycles. The van der Waals surface area contributed by atoms with Gasteiger partial charge in [-0.1, -0.05) is 52.9 Å². The Morgan fingerprint density at radius 2 is 2.00 bits per heavy atom. The number of ether oxygens (including phenoxy) is 3. The number of aliphatic hydroxyl groups is 2. The van der Waals surface area contributed by atoms with Gasteiger partial charge in [0.1, 0.15) is 24.4 Å². The van der Waals surface area contributed by atoms with Crippen LogP contribution in [0.1, 0.15) is 12.0 Å². The molecule has 0 aromatic heterocycles. The van der Waals surface area contributed by atoms with Gasteiger partial charge in [0.25, 0.3) is 0 Å². The molecule has 6 atom stereocenters. The molecule has 2 heterocycles. The molecule has 22 heavy (non-hydrogen) atoms. The van der Waals surface area contributed by atoms with Crippen LogP contribution in [0, 0.1) is 0 Å². The summed E-state index contributed by atoms with van der Waals surface area (Å²) in [6, 6.07) is 9.83. The van der Waals surface area contributed by atoms with E-state index < -0.39 is 18.3 Å². The summed E-state index contributed by atoms with van der Waals surface area (Å²) < 4.78 is 18.6. The minimum Gasteiger partial charge on any atom is -0.394 e. The fraction of sp³-hybridized carbons (Fsp3) is 0.625. The fourth-order valence-corrected chi connectivity index (χ4v) is 3.67. The van der Waals surface area contributed by atoms with E-state index in [4.69, 9.17) is 14.2 Å². The molecule has 0 spiro atoms. The van der Waals surface area contributed by atoms with Gasteiger partial charge in [-0.3, -0.25) is 0 Å². The van der Waals surface area contributed by atoms with Crippen LogP contribution in [0.4, 0.5) is 0 Å². The summed E-state index contributed by atoms with van der Waals surface area (Å²) in [6.45, 7) is 0.187. The van der Waals surface area contributed by atoms with Crippen LogP contribution in [-0.4, -0.2) is 57.9 Å². The Morgan fingerprint density at radius 1 is 1.23 bits per heavy atom. The third-order valence-corrected chi connectivity index (χ3v) is 5.22. The van der Waals surface area contributed by atoms with Crippen molar-refractivity contribution in [2.24, 2.45) is 0 Å². The van der Waals surface area contributed by atoms with E-state index in [1.165, 1.54) is 0 Å². The zero-order valence-electron chi connectivity index (χ0n) is 12.2. The zero-order chi connectivity index (χ0) is 15.5. The lowest BCUT2D eigenvalue weighted by Gasteiger charge is -2.40. The molecular weight excluding hydrogens is 399 g/mol. The Balaban J connectivity index is 1.70. The lowest BCUT2D eigenvalue weighted by molar-refractivity contribution is -0.233. The van der Waals surface area contributed by atoms with Crippen molar-refractivity contribution in [3.8, 4) is 0 Å². The third-order valence-electron chi connectivity index (χ3n) is 4.24. The smallest absolute Gasteiger partial charge is 0.115 e. The number of benzene rings is 1. The van der Waals surface area contributed by atoms with E-state index in [9.17, 15) is 10.2 Å². The molecule has 2 aliphatic heterocycles. The van der Waals surface area contributed by atoms with Crippen LogP contribution < -0.4 is 0 Å². The molecule has 6 heteroatoms. The van der Waals surface area contributed by atoms with E-state index in [2.05, 4.69) is 22.6 Å². The number of alkyl halides is 1. The highest BCUT2D eigenvalue weighted by molar-refractivity contribution is 14.1. The first-order chi connectivity index (χ1) is 10.7. The molecule has 6 unspecified atom stereocenters. The van der Waals surface area contributed by atoms with Crippen molar-refractivity contribution in [1.29, 1.82) is 0 Å². The number of fused-ring (bicyclic) bond motifs is 1. The van der Waals surface area contributed by atoms with E-state index in [-0.39, 0.29) is 24.9 Å². The maximum Gasteiger partial charge on any atom is 0.115 e. The topological polar surface area (TPSA) is 68.2 Å². The molecular formula is C16H21IO5. The summed E-state index contributed by atoms with van der Waals surface area (Å²) in [6.07, 6.45) is -1.49. The molecule has 5 nitrogen and oxygen atoms in total. The standard InChI is InChI=1S/C16H21IO5/c17-7-11-6-12-15(21-11)16(14(19)13(8-18)22-12)20-9-10-4-2-1-3-5-10/h1-5,11-16,18-19H,6-9H2. The van der Waals surface area contributed by atoms with Gasteiger partial charge in [0.2, 0.25) is 0 Å². The summed E-state index contributed by atoms with van der Waals surface area (Å²) in [5.74, 6) is 0. The Kier molecular flexibility index (Phi) is 5.69. The Hall–Kier alpha value is -0.250. The highest BCUT2D eigenvalue weighted by Gasteiger charge is 2.51. The molecule has 0 aliphatic carbocycles. The Labute approximate surface area is 143 Å². The minimum atomic E-state index is -0.886. The summed E-state index contributed by atoms with van der Waals surface area (Å²) >= 11 is 2.29. The SMILES string of the molecule is OCC1OC2CC(CI)OC2C(OCc2ccccc2)C1O. The van der Waals surface area contributed by atoms with Gasteiger partial charge in [-0.05, 0) is 5.56 Å². The van der Waals surface area contributed by atoms with Crippen LogP contribution in [0.3, 0.4) is 0 Å². The quantitative estimate of drug-likeness (QED) is 0.555. The molecule has 0 bridgehead atoms. The number of hydrogen-bond acceptors (Lipinski definition) is 5. The van der Waals surface area contributed by atoms with Gasteiger partial charge < -0.3 is 24.4 Å². The average Bonchev–Trinajstić information content (AvgIpc) is 2.97. The lowest BCUT2D eigenvalue weighted by Crippen LogP contribution is -2.58. The van der Waals surface area contributed by atoms with Crippen LogP contribution in [-0.2, 0) is 20.8 Å². The number of hydrogen-bond donors (Lipinski definition) is 2. The monoisotopic (exact) mass is 420 g/mol. The maximum absolute atomic E-state index is 10.4. The average molecular weight is 420 g/mol. The molecule has 2 aliphatic rings. The van der Waals surface area contributed by atoms with Crippen LogP contribution in [0.15, 0.2) is 30.3 Å². The summed E-state index contributed by atoms with van der Waals surface area (Å²) in [5.41, 5.74) is 1.04. The highest BCUT2D eigenvalue weighted by Crippen LogP contribution is 2.35. The summed E-state index contributed by atoms with van der Waals surface area (Å²) in [4.78, 5) is 0. The van der Waals surface area contributed by atoms with Gasteiger partial charge >= 0.3 is 0 Å². The second-order valence-electron chi connectivity index (χ2n) is 5.76. The van der Waals surface area contributed by atoms with Gasteiger partial charge in [-0.15, -0.1) is 0 Å². The molecule has 2 saturated heterocycles. The highest BCUT2D eigenvalue weighted by atomic mass is 127. The van der Waals surface area contributed by atoms with Crippen molar-refractivity contribution in [2.75, 3.05) is 11.0 Å². The van der Waals surface area contributed by atoms with Gasteiger partial charge in [0.15, 0.2) is 0 Å². The second kappa shape index (κ2) is 7.55. The number of halogens is 1. The normalized spacial score (nSPS) is 38.0. The van der Waals surface area contributed by atoms with Crippen molar-refractivity contribution in [2.45, 2.75) is 49.7 Å². The molecule has 0 radical (unpaired) electrons. The minimum absolute atomic E-state index is 0.114. The number of rotatable bonds is 5. The molecule has 1 aromatic rings. The van der Waals surface area contributed by atoms with Crippen LogP contribution in [0.25, 0.3) is 0 Å². The molecule has 2 N–H and O–H groups in total. The van der Waals surface area contributed by atoms with Crippen LogP contribution in [0.5, 0.6) is 0 Å². The third kappa shape index (κ3) is 3.47. The molecule has 3 rings (SSSR count). The van der Waals surface area contributed by atoms with Crippen LogP contribution >= 0.6 is 22.6 Å². The first-order valence-corrected chi connectivity index (χ1v) is 9.07. The van der Waals surface area contributed by atoms with Crippen molar-refractivity contribution in [3.05, 3.63) is 35.9 Å². The first-order valence-electron chi connectivity index (χ1n) is 7.54. The first kappa shape index (κ1) is 16.6. The number of aliphatic hydroxyl groups excluding tert-OH is 2. The summed E-state index contributed by atoms with van der Waals surface area (Å²) in [5, 5.41) is 19.8. The predicted octanol–water partition coefficient (Wildman–Crippen LogP) is 1.28. The van der Waals surface area contributed by atoms with Crippen molar-refractivity contribution < 1.29 is 24.4 Å². The predicted molar refractivity (Wildman–Crippen MR) is 88.9 cm³/mol. The van der Waals surface area contributed by atoms with E-state index in [1.54, 1.807) is 0 Å². The van der Waals surface area contributed by atoms with Gasteiger partial charge in [0, 0.05) is 10.8 Å². The van der Waals surface area contributed by atoms with Crippen molar-refractivity contribution in [3.63, 3.8) is 0 Å². The largest absolute Gasteiger partial charge is 0.394 e. The van der Waals surface area contributed by atoms with E-state index in [0.29, 0.717) is 6.61 Å². The van der Waals surface area contributed by atoms with E-state index in [0.717, 1.165) is 16.4 Å². The van der Waals surface area contributed by atoms with E-state index >= 15 is 0 Å². The van der Waals surface area contributed by atoms with Gasteiger partial charge in [-0.25, -0.2) is 0 Å². The Morgan fingerprint density at radius 3 is 2.68 bits per heavy atom. The molecule has 2 fully saturated rings. The van der Waals surface area contributed by atoms with Gasteiger partial charge in [-0.2, -0.15) is 0 Å². The van der Waals surface area contributed by atoms with Crippen molar-refractivity contribution >= 4 is 22.6 Å².